The van der Waals surface area contributed by atoms with E-state index in [1.54, 1.807) is 12.1 Å². The molecular weight excluding hydrogens is 313 g/mol. The molecule has 0 aliphatic carbocycles. The molecule has 0 fully saturated rings. The number of amides is 3. The standard InChI is InChI=1S/C16H20FN5O2/c1-10(2)8-13(15(23)21-14-6-7-18-22-14)20-16(24)19-12-5-3-4-11(17)9-12/h3-7,9-10,13H,8H2,1-2H3,(H2,19,20,24)(H2,18,21,22,23). The molecule has 7 nitrogen and oxygen atoms in total. The van der Waals surface area contributed by atoms with Crippen LogP contribution in [0.4, 0.5) is 20.7 Å². The van der Waals surface area contributed by atoms with Gasteiger partial charge in [-0.3, -0.25) is 9.89 Å². The Morgan fingerprint density at radius 1 is 1.25 bits per heavy atom. The summed E-state index contributed by atoms with van der Waals surface area (Å²) in [6.45, 7) is 3.89. The lowest BCUT2D eigenvalue weighted by atomic mass is 10.0. The van der Waals surface area contributed by atoms with Crippen LogP contribution in [0.1, 0.15) is 20.3 Å². The summed E-state index contributed by atoms with van der Waals surface area (Å²) in [4.78, 5) is 24.4. The third-order valence-electron chi connectivity index (χ3n) is 3.17. The van der Waals surface area contributed by atoms with E-state index >= 15 is 0 Å². The van der Waals surface area contributed by atoms with Crippen LogP contribution in [0.2, 0.25) is 0 Å². The predicted octanol–water partition coefficient (Wildman–Crippen LogP) is 2.72. The first kappa shape index (κ1) is 17.5. The van der Waals surface area contributed by atoms with Crippen molar-refractivity contribution in [3.8, 4) is 0 Å². The van der Waals surface area contributed by atoms with Gasteiger partial charge < -0.3 is 16.0 Å². The third-order valence-corrected chi connectivity index (χ3v) is 3.17. The van der Waals surface area contributed by atoms with E-state index in [0.29, 0.717) is 17.9 Å². The van der Waals surface area contributed by atoms with Crippen molar-refractivity contribution in [2.24, 2.45) is 5.92 Å². The van der Waals surface area contributed by atoms with Crippen LogP contribution in [-0.2, 0) is 4.79 Å². The lowest BCUT2D eigenvalue weighted by Gasteiger charge is -2.20. The molecule has 0 saturated carbocycles. The fourth-order valence-corrected chi connectivity index (χ4v) is 2.14. The average molecular weight is 333 g/mol. The van der Waals surface area contributed by atoms with Crippen molar-refractivity contribution in [2.75, 3.05) is 10.6 Å². The number of anilines is 2. The molecule has 0 bridgehead atoms. The molecular formula is C16H20FN5O2. The summed E-state index contributed by atoms with van der Waals surface area (Å²) in [5.41, 5.74) is 0.310. The Kier molecular flexibility index (Phi) is 5.89. The molecule has 1 aromatic heterocycles. The molecule has 24 heavy (non-hydrogen) atoms. The molecule has 1 atom stereocenters. The Bertz CT molecular complexity index is 688. The predicted molar refractivity (Wildman–Crippen MR) is 89.0 cm³/mol. The van der Waals surface area contributed by atoms with Crippen molar-refractivity contribution < 1.29 is 14.0 Å². The van der Waals surface area contributed by atoms with Gasteiger partial charge in [-0.2, -0.15) is 5.10 Å². The van der Waals surface area contributed by atoms with E-state index in [1.807, 2.05) is 13.8 Å². The van der Waals surface area contributed by atoms with E-state index < -0.39 is 17.9 Å². The molecule has 0 aliphatic rings. The average Bonchev–Trinajstić information content (AvgIpc) is 2.99. The minimum Gasteiger partial charge on any atom is -0.326 e. The minimum absolute atomic E-state index is 0.192. The second-order valence-electron chi connectivity index (χ2n) is 5.75. The van der Waals surface area contributed by atoms with Crippen molar-refractivity contribution in [1.82, 2.24) is 15.5 Å². The minimum atomic E-state index is -0.734. The number of aromatic amines is 1. The third kappa shape index (κ3) is 5.38. The van der Waals surface area contributed by atoms with Gasteiger partial charge in [-0.25, -0.2) is 9.18 Å². The van der Waals surface area contributed by atoms with Crippen molar-refractivity contribution in [2.45, 2.75) is 26.3 Å². The van der Waals surface area contributed by atoms with Gasteiger partial charge >= 0.3 is 6.03 Å². The quantitative estimate of drug-likeness (QED) is 0.654. The maximum absolute atomic E-state index is 13.1. The maximum atomic E-state index is 13.1. The zero-order valence-electron chi connectivity index (χ0n) is 13.5. The number of rotatable bonds is 6. The highest BCUT2D eigenvalue weighted by molar-refractivity contribution is 5.98. The van der Waals surface area contributed by atoms with Gasteiger partial charge in [0.15, 0.2) is 0 Å². The SMILES string of the molecule is CC(C)CC(NC(=O)Nc1cccc(F)c1)C(=O)Nc1ccn[nH]1. The summed E-state index contributed by atoms with van der Waals surface area (Å²) in [5, 5.41) is 14.1. The van der Waals surface area contributed by atoms with E-state index in [9.17, 15) is 14.0 Å². The molecule has 128 valence electrons. The van der Waals surface area contributed by atoms with Crippen LogP contribution in [0.5, 0.6) is 0 Å². The number of carbonyl (C=O) groups excluding carboxylic acids is 2. The molecule has 0 spiro atoms. The summed E-state index contributed by atoms with van der Waals surface area (Å²) in [6, 6.07) is 5.82. The van der Waals surface area contributed by atoms with Gasteiger partial charge in [0.05, 0.1) is 6.20 Å². The first-order chi connectivity index (χ1) is 11.4. The van der Waals surface area contributed by atoms with E-state index in [4.69, 9.17) is 0 Å². The highest BCUT2D eigenvalue weighted by atomic mass is 19.1. The van der Waals surface area contributed by atoms with Crippen LogP contribution in [0.15, 0.2) is 36.5 Å². The smallest absolute Gasteiger partial charge is 0.319 e. The molecule has 0 radical (unpaired) electrons. The molecule has 2 rings (SSSR count). The number of halogens is 1. The zero-order chi connectivity index (χ0) is 17.5. The van der Waals surface area contributed by atoms with E-state index in [0.717, 1.165) is 0 Å². The van der Waals surface area contributed by atoms with Crippen molar-refractivity contribution in [1.29, 1.82) is 0 Å². The number of benzene rings is 1. The van der Waals surface area contributed by atoms with Gasteiger partial charge in [0.25, 0.3) is 0 Å². The van der Waals surface area contributed by atoms with Crippen molar-refractivity contribution in [3.05, 3.63) is 42.3 Å². The summed E-state index contributed by atoms with van der Waals surface area (Å²) in [5.74, 6) is -0.177. The zero-order valence-corrected chi connectivity index (χ0v) is 13.5. The monoisotopic (exact) mass is 333 g/mol. The van der Waals surface area contributed by atoms with Crippen molar-refractivity contribution in [3.63, 3.8) is 0 Å². The second kappa shape index (κ2) is 8.09. The highest BCUT2D eigenvalue weighted by Crippen LogP contribution is 2.11. The lowest BCUT2D eigenvalue weighted by molar-refractivity contribution is -0.118. The molecule has 2 aromatic rings. The summed E-state index contributed by atoms with van der Waals surface area (Å²) < 4.78 is 13.1. The Labute approximate surface area is 139 Å². The number of nitrogens with one attached hydrogen (secondary N) is 4. The molecule has 1 aromatic carbocycles. The summed E-state index contributed by atoms with van der Waals surface area (Å²) in [6.07, 6.45) is 1.97. The van der Waals surface area contributed by atoms with E-state index in [-0.39, 0.29) is 11.8 Å². The first-order valence-corrected chi connectivity index (χ1v) is 7.57. The topological polar surface area (TPSA) is 98.9 Å². The van der Waals surface area contributed by atoms with Crippen LogP contribution in [-0.4, -0.2) is 28.2 Å². The van der Waals surface area contributed by atoms with Crippen LogP contribution >= 0.6 is 0 Å². The fraction of sp³-hybridized carbons (Fsp3) is 0.312. The molecule has 0 saturated heterocycles. The molecule has 8 heteroatoms. The van der Waals surface area contributed by atoms with E-state index in [2.05, 4.69) is 26.1 Å². The Balaban J connectivity index is 1.99. The first-order valence-electron chi connectivity index (χ1n) is 7.57. The van der Waals surface area contributed by atoms with Crippen LogP contribution in [0, 0.1) is 11.7 Å². The molecule has 3 amide bonds. The number of carbonyl (C=O) groups is 2. The molecule has 1 unspecified atom stereocenters. The molecule has 0 aliphatic heterocycles. The second-order valence-corrected chi connectivity index (χ2v) is 5.75. The van der Waals surface area contributed by atoms with Crippen LogP contribution < -0.4 is 16.0 Å². The van der Waals surface area contributed by atoms with Gasteiger partial charge in [0.2, 0.25) is 5.91 Å². The van der Waals surface area contributed by atoms with E-state index in [1.165, 1.54) is 24.4 Å². The number of hydrogen-bond acceptors (Lipinski definition) is 3. The Morgan fingerprint density at radius 2 is 2.04 bits per heavy atom. The maximum Gasteiger partial charge on any atom is 0.319 e. The van der Waals surface area contributed by atoms with Crippen molar-refractivity contribution >= 4 is 23.4 Å². The lowest BCUT2D eigenvalue weighted by Crippen LogP contribution is -2.46. The Hall–Kier alpha value is -2.90. The fourth-order valence-electron chi connectivity index (χ4n) is 2.14. The number of H-pyrrole nitrogens is 1. The summed E-state index contributed by atoms with van der Waals surface area (Å²) in [7, 11) is 0. The Morgan fingerprint density at radius 3 is 2.67 bits per heavy atom. The number of urea groups is 1. The number of aromatic nitrogens is 2. The largest absolute Gasteiger partial charge is 0.326 e. The summed E-state index contributed by atoms with van der Waals surface area (Å²) >= 11 is 0. The normalized spacial score (nSPS) is 11.8. The number of hydrogen-bond donors (Lipinski definition) is 4. The van der Waals surface area contributed by atoms with Gasteiger partial charge in [0.1, 0.15) is 17.7 Å². The number of nitrogens with zero attached hydrogens (tertiary/aromatic N) is 1. The van der Waals surface area contributed by atoms with Gasteiger partial charge in [0, 0.05) is 11.8 Å². The van der Waals surface area contributed by atoms with Gasteiger partial charge in [-0.1, -0.05) is 19.9 Å². The van der Waals surface area contributed by atoms with Gasteiger partial charge in [-0.05, 0) is 30.5 Å². The molecule has 1 heterocycles. The highest BCUT2D eigenvalue weighted by Gasteiger charge is 2.22. The molecule has 4 N–H and O–H groups in total. The van der Waals surface area contributed by atoms with Crippen LogP contribution in [0.25, 0.3) is 0 Å². The van der Waals surface area contributed by atoms with Crippen LogP contribution in [0.3, 0.4) is 0 Å². The van der Waals surface area contributed by atoms with Gasteiger partial charge in [-0.15, -0.1) is 0 Å².